The lowest BCUT2D eigenvalue weighted by Gasteiger charge is -2.63. The van der Waals surface area contributed by atoms with Crippen LogP contribution in [0.25, 0.3) is 0 Å². The van der Waals surface area contributed by atoms with Crippen LogP contribution >= 0.6 is 11.8 Å². The Bertz CT molecular complexity index is 1000. The van der Waals surface area contributed by atoms with Crippen molar-refractivity contribution in [3.05, 3.63) is 23.8 Å². The largest absolute Gasteiger partial charge is 0.449 e. The first kappa shape index (κ1) is 26.4. The predicted molar refractivity (Wildman–Crippen MR) is 122 cm³/mol. The van der Waals surface area contributed by atoms with Crippen LogP contribution in [-0.2, 0) is 19.1 Å². The highest BCUT2D eigenvalue weighted by molar-refractivity contribution is 8.13. The molecule has 4 aliphatic carbocycles. The number of hydrogen-bond acceptors (Lipinski definition) is 7. The quantitative estimate of drug-likeness (QED) is 0.540. The first-order chi connectivity index (χ1) is 16.3. The number of carbonyl (C=O) groups is 3. The SMILES string of the molecule is C[C@@H]1C[C@H]2[C@@H]3C[C@H](F)C4=CC(=O)C=C[C@]4(C)[C@@]3(F)[C@@H](O)C[C@]2(C)[C@@]1(OC(=O)CCO)C(=O)SCF. The number of rotatable bonds is 5. The van der Waals surface area contributed by atoms with Crippen LogP contribution in [0, 0.1) is 28.6 Å². The Morgan fingerprint density at radius 1 is 1.26 bits per heavy atom. The van der Waals surface area contributed by atoms with Crippen molar-refractivity contribution in [2.45, 2.75) is 70.0 Å². The van der Waals surface area contributed by atoms with Gasteiger partial charge in [0.05, 0.1) is 19.1 Å². The van der Waals surface area contributed by atoms with Crippen molar-refractivity contribution in [2.24, 2.45) is 28.6 Å². The van der Waals surface area contributed by atoms with E-state index >= 15 is 8.78 Å². The van der Waals surface area contributed by atoms with Crippen molar-refractivity contribution in [3.63, 3.8) is 0 Å². The zero-order valence-corrected chi connectivity index (χ0v) is 20.7. The van der Waals surface area contributed by atoms with E-state index in [1.165, 1.54) is 19.1 Å². The van der Waals surface area contributed by atoms with Gasteiger partial charge in [0.1, 0.15) is 12.2 Å². The molecule has 0 radical (unpaired) electrons. The topological polar surface area (TPSA) is 101 Å². The van der Waals surface area contributed by atoms with E-state index in [-0.39, 0.29) is 31.3 Å². The lowest BCUT2D eigenvalue weighted by Crippen LogP contribution is -2.70. The Morgan fingerprint density at radius 3 is 2.57 bits per heavy atom. The third kappa shape index (κ3) is 3.35. The van der Waals surface area contributed by atoms with Crippen LogP contribution in [0.15, 0.2) is 23.8 Å². The van der Waals surface area contributed by atoms with Gasteiger partial charge in [-0.3, -0.25) is 14.4 Å². The number of allylic oxidation sites excluding steroid dienone is 4. The maximum atomic E-state index is 17.2. The fraction of sp³-hybridized carbons (Fsp3) is 0.720. The first-order valence-electron chi connectivity index (χ1n) is 11.9. The second-order valence-electron chi connectivity index (χ2n) is 10.7. The molecule has 0 saturated heterocycles. The van der Waals surface area contributed by atoms with Gasteiger partial charge < -0.3 is 14.9 Å². The minimum absolute atomic E-state index is 0.0119. The fourth-order valence-electron chi connectivity index (χ4n) is 7.70. The third-order valence-corrected chi connectivity index (χ3v) is 9.92. The summed E-state index contributed by atoms with van der Waals surface area (Å²) >= 11 is 0.341. The Balaban J connectivity index is 1.86. The number of aliphatic hydroxyl groups excluding tert-OH is 2. The Hall–Kier alpha value is -1.65. The van der Waals surface area contributed by atoms with Crippen LogP contribution in [0.1, 0.15) is 46.5 Å². The van der Waals surface area contributed by atoms with E-state index in [1.54, 1.807) is 13.8 Å². The van der Waals surface area contributed by atoms with Gasteiger partial charge in [0.2, 0.25) is 5.12 Å². The molecule has 0 heterocycles. The monoisotopic (exact) mass is 516 g/mol. The highest BCUT2D eigenvalue weighted by atomic mass is 32.2. The van der Waals surface area contributed by atoms with E-state index in [0.29, 0.717) is 11.8 Å². The average molecular weight is 517 g/mol. The molecule has 0 bridgehead atoms. The smallest absolute Gasteiger partial charge is 0.309 e. The lowest BCUT2D eigenvalue weighted by molar-refractivity contribution is -0.228. The summed E-state index contributed by atoms with van der Waals surface area (Å²) in [5, 5.41) is 19.8. The molecule has 9 atom stereocenters. The van der Waals surface area contributed by atoms with Crippen molar-refractivity contribution in [1.82, 2.24) is 0 Å². The van der Waals surface area contributed by atoms with Gasteiger partial charge in [-0.05, 0) is 61.6 Å². The number of halogens is 3. The number of carbonyl (C=O) groups excluding carboxylic acids is 3. The summed E-state index contributed by atoms with van der Waals surface area (Å²) in [5.41, 5.74) is -7.14. The molecule has 10 heteroatoms. The Morgan fingerprint density at radius 2 is 1.94 bits per heavy atom. The predicted octanol–water partition coefficient (Wildman–Crippen LogP) is 3.40. The molecule has 2 N–H and O–H groups in total. The number of aliphatic hydroxyl groups is 2. The zero-order chi connectivity index (χ0) is 26.0. The molecule has 3 saturated carbocycles. The number of alkyl halides is 3. The van der Waals surface area contributed by atoms with E-state index in [0.717, 1.165) is 6.08 Å². The summed E-state index contributed by atoms with van der Waals surface area (Å²) in [6, 6.07) is -1.07. The minimum Gasteiger partial charge on any atom is -0.449 e. The molecule has 6 nitrogen and oxygen atoms in total. The van der Waals surface area contributed by atoms with Crippen LogP contribution in [0.5, 0.6) is 0 Å². The summed E-state index contributed by atoms with van der Waals surface area (Å²) in [4.78, 5) is 37.9. The number of thioether (sulfide) groups is 1. The van der Waals surface area contributed by atoms with Crippen molar-refractivity contribution >= 4 is 28.6 Å². The molecule has 0 aromatic rings. The van der Waals surface area contributed by atoms with Crippen LogP contribution in [0.2, 0.25) is 0 Å². The summed E-state index contributed by atoms with van der Waals surface area (Å²) in [5.74, 6) is -3.73. The second-order valence-corrected chi connectivity index (χ2v) is 11.6. The molecule has 0 aliphatic heterocycles. The summed E-state index contributed by atoms with van der Waals surface area (Å²) in [7, 11) is 0. The van der Waals surface area contributed by atoms with Crippen molar-refractivity contribution in [2.75, 3.05) is 12.6 Å². The Labute approximate surface area is 206 Å². The van der Waals surface area contributed by atoms with E-state index in [1.807, 2.05) is 0 Å². The Kier molecular flexibility index (Phi) is 6.59. The maximum Gasteiger partial charge on any atom is 0.309 e. The van der Waals surface area contributed by atoms with Crippen molar-refractivity contribution in [1.29, 1.82) is 0 Å². The van der Waals surface area contributed by atoms with Gasteiger partial charge in [0.15, 0.2) is 17.1 Å². The molecule has 35 heavy (non-hydrogen) atoms. The lowest BCUT2D eigenvalue weighted by atomic mass is 9.44. The maximum absolute atomic E-state index is 17.2. The standard InChI is InChI=1S/C25H31F3O6S/c1-13-8-15-16-10-18(27)17-9-14(30)4-6-22(17,2)24(16,28)19(31)11-23(15,3)25(13,21(33)35-12-26)34-20(32)5-7-29/h4,6,9,13,15-16,18-19,29,31H,5,7-8,10-12H2,1-3H3/t13-,15+,16+,18+,19+,22+,23+,24+,25+/m1/s1. The summed E-state index contributed by atoms with van der Waals surface area (Å²) in [6.07, 6.45) is -0.522. The molecule has 3 fully saturated rings. The first-order valence-corrected chi connectivity index (χ1v) is 12.8. The molecule has 4 aliphatic rings. The normalized spacial score (nSPS) is 46.3. The van der Waals surface area contributed by atoms with E-state index in [9.17, 15) is 29.0 Å². The number of ketones is 1. The number of hydrogen-bond donors (Lipinski definition) is 2. The van der Waals surface area contributed by atoms with E-state index < -0.39 is 81.6 Å². The second kappa shape index (κ2) is 8.73. The molecule has 0 aromatic heterocycles. The van der Waals surface area contributed by atoms with Gasteiger partial charge in [-0.1, -0.05) is 19.9 Å². The van der Waals surface area contributed by atoms with Crippen LogP contribution < -0.4 is 0 Å². The van der Waals surface area contributed by atoms with Crippen molar-refractivity contribution < 1.29 is 42.5 Å². The third-order valence-electron chi connectivity index (χ3n) is 9.25. The molecule has 0 aromatic carbocycles. The van der Waals surface area contributed by atoms with Gasteiger partial charge in [0.25, 0.3) is 0 Å². The highest BCUT2D eigenvalue weighted by Gasteiger charge is 2.78. The van der Waals surface area contributed by atoms with Crippen LogP contribution in [-0.4, -0.2) is 63.2 Å². The fourth-order valence-corrected chi connectivity index (χ4v) is 8.49. The van der Waals surface area contributed by atoms with Gasteiger partial charge in [-0.25, -0.2) is 13.2 Å². The number of ether oxygens (including phenoxy) is 1. The highest BCUT2D eigenvalue weighted by Crippen LogP contribution is 2.72. The van der Waals surface area contributed by atoms with Crippen LogP contribution in [0.4, 0.5) is 13.2 Å². The van der Waals surface area contributed by atoms with Gasteiger partial charge in [-0.2, -0.15) is 0 Å². The molecule has 194 valence electrons. The molecule has 4 rings (SSSR count). The van der Waals surface area contributed by atoms with Crippen molar-refractivity contribution in [3.8, 4) is 0 Å². The zero-order valence-electron chi connectivity index (χ0n) is 19.9. The molecular weight excluding hydrogens is 485 g/mol. The van der Waals surface area contributed by atoms with Gasteiger partial charge >= 0.3 is 5.97 Å². The van der Waals surface area contributed by atoms with Gasteiger partial charge in [0, 0.05) is 22.7 Å². The molecular formula is C25H31F3O6S. The minimum atomic E-state index is -2.34. The van der Waals surface area contributed by atoms with Gasteiger partial charge in [-0.15, -0.1) is 0 Å². The number of esters is 1. The molecule has 0 amide bonds. The summed E-state index contributed by atoms with van der Waals surface area (Å²) < 4.78 is 51.8. The van der Waals surface area contributed by atoms with Crippen LogP contribution in [0.3, 0.4) is 0 Å². The van der Waals surface area contributed by atoms with E-state index in [4.69, 9.17) is 4.74 Å². The van der Waals surface area contributed by atoms with E-state index in [2.05, 4.69) is 0 Å². The molecule has 0 spiro atoms. The summed E-state index contributed by atoms with van der Waals surface area (Å²) in [6.45, 7) is 4.23. The molecule has 0 unspecified atom stereocenters. The number of fused-ring (bicyclic) bond motifs is 5. The average Bonchev–Trinajstić information content (AvgIpc) is 2.99.